The summed E-state index contributed by atoms with van der Waals surface area (Å²) in [5, 5.41) is 6.27. The number of amides is 2. The summed E-state index contributed by atoms with van der Waals surface area (Å²) in [6.07, 6.45) is 5.22. The zero-order chi connectivity index (χ0) is 16.3. The van der Waals surface area contributed by atoms with Gasteiger partial charge in [-0.05, 0) is 69.8 Å². The molecule has 1 aromatic rings. The monoisotopic (exact) mass is 315 g/mol. The first kappa shape index (κ1) is 16.0. The van der Waals surface area contributed by atoms with Crippen LogP contribution in [0.3, 0.4) is 0 Å². The van der Waals surface area contributed by atoms with Gasteiger partial charge < -0.3 is 15.5 Å². The van der Waals surface area contributed by atoms with E-state index in [1.54, 1.807) is 12.1 Å². The van der Waals surface area contributed by atoms with Gasteiger partial charge in [-0.2, -0.15) is 0 Å². The van der Waals surface area contributed by atoms with Crippen molar-refractivity contribution in [3.63, 3.8) is 0 Å². The average molecular weight is 315 g/mol. The van der Waals surface area contributed by atoms with Crippen LogP contribution in [-0.2, 0) is 4.79 Å². The number of carbonyl (C=O) groups excluding carboxylic acids is 2. The van der Waals surface area contributed by atoms with Gasteiger partial charge in [0.2, 0.25) is 5.91 Å². The fourth-order valence-electron chi connectivity index (χ4n) is 3.32. The normalized spacial score (nSPS) is 24.5. The third kappa shape index (κ3) is 3.55. The summed E-state index contributed by atoms with van der Waals surface area (Å²) in [6.45, 7) is 4.53. The summed E-state index contributed by atoms with van der Waals surface area (Å²) in [5.41, 5.74) is 0.927. The molecule has 3 rings (SSSR count). The minimum atomic E-state index is -0.498. The van der Waals surface area contributed by atoms with Gasteiger partial charge in [-0.25, -0.2) is 0 Å². The Labute approximate surface area is 137 Å². The van der Waals surface area contributed by atoms with Gasteiger partial charge >= 0.3 is 0 Å². The average Bonchev–Trinajstić information content (AvgIpc) is 3.10. The van der Waals surface area contributed by atoms with Crippen molar-refractivity contribution in [1.29, 1.82) is 0 Å². The Bertz CT molecular complexity index is 570. The molecular formula is C18H25N3O2. The molecule has 0 aliphatic carbocycles. The van der Waals surface area contributed by atoms with Gasteiger partial charge in [0, 0.05) is 24.3 Å². The van der Waals surface area contributed by atoms with Crippen LogP contribution in [0.4, 0.5) is 5.69 Å². The Morgan fingerprint density at radius 3 is 2.39 bits per heavy atom. The molecule has 5 nitrogen and oxygen atoms in total. The predicted octanol–water partition coefficient (Wildman–Crippen LogP) is 2.39. The number of hydrogen-bond donors (Lipinski definition) is 2. The van der Waals surface area contributed by atoms with E-state index in [9.17, 15) is 9.59 Å². The first-order valence-corrected chi connectivity index (χ1v) is 8.54. The zero-order valence-electron chi connectivity index (χ0n) is 13.7. The molecule has 0 spiro atoms. The van der Waals surface area contributed by atoms with Crippen LogP contribution in [0, 0.1) is 0 Å². The molecule has 2 heterocycles. The Hall–Kier alpha value is -1.88. The van der Waals surface area contributed by atoms with Crippen molar-refractivity contribution in [2.75, 3.05) is 25.0 Å². The second-order valence-corrected chi connectivity index (χ2v) is 6.75. The molecule has 0 bridgehead atoms. The molecule has 1 aromatic carbocycles. The molecule has 0 radical (unpaired) electrons. The van der Waals surface area contributed by atoms with E-state index < -0.39 is 5.54 Å². The summed E-state index contributed by atoms with van der Waals surface area (Å²) in [5.74, 6) is 0.0807. The Kier molecular flexibility index (Phi) is 4.66. The van der Waals surface area contributed by atoms with Crippen molar-refractivity contribution in [2.45, 2.75) is 44.6 Å². The number of benzene rings is 1. The number of carbonyl (C=O) groups is 2. The van der Waals surface area contributed by atoms with Crippen LogP contribution in [-0.4, -0.2) is 41.9 Å². The highest BCUT2D eigenvalue weighted by atomic mass is 16.2. The third-order valence-electron chi connectivity index (χ3n) is 4.90. The van der Waals surface area contributed by atoms with Crippen LogP contribution in [0.15, 0.2) is 24.3 Å². The second kappa shape index (κ2) is 6.71. The highest BCUT2D eigenvalue weighted by molar-refractivity contribution is 5.99. The summed E-state index contributed by atoms with van der Waals surface area (Å²) < 4.78 is 0. The quantitative estimate of drug-likeness (QED) is 0.900. The van der Waals surface area contributed by atoms with Gasteiger partial charge in [0.05, 0.1) is 5.54 Å². The molecule has 2 aliphatic heterocycles. The Morgan fingerprint density at radius 2 is 1.78 bits per heavy atom. The lowest BCUT2D eigenvalue weighted by molar-refractivity contribution is -0.122. The van der Waals surface area contributed by atoms with Crippen LogP contribution >= 0.6 is 0 Å². The topological polar surface area (TPSA) is 61.4 Å². The Balaban J connectivity index is 1.63. The van der Waals surface area contributed by atoms with Gasteiger partial charge in [-0.3, -0.25) is 9.59 Å². The van der Waals surface area contributed by atoms with E-state index in [1.807, 2.05) is 24.0 Å². The van der Waals surface area contributed by atoms with Gasteiger partial charge in [-0.15, -0.1) is 0 Å². The largest absolute Gasteiger partial charge is 0.339 e. The first-order valence-electron chi connectivity index (χ1n) is 8.54. The fraction of sp³-hybridized carbons (Fsp3) is 0.556. The molecule has 1 unspecified atom stereocenters. The number of nitrogens with one attached hydrogen (secondary N) is 2. The van der Waals surface area contributed by atoms with Gasteiger partial charge in [0.25, 0.3) is 5.91 Å². The first-order chi connectivity index (χ1) is 11.1. The van der Waals surface area contributed by atoms with Crippen LogP contribution in [0.1, 0.15) is 49.4 Å². The van der Waals surface area contributed by atoms with Crippen molar-refractivity contribution in [3.8, 4) is 0 Å². The van der Waals surface area contributed by atoms with Crippen molar-refractivity contribution >= 4 is 17.5 Å². The molecule has 5 heteroatoms. The summed E-state index contributed by atoms with van der Waals surface area (Å²) in [6, 6.07) is 7.22. The molecule has 124 valence electrons. The molecule has 0 saturated carbocycles. The number of anilines is 1. The number of nitrogens with zero attached hydrogens (tertiary/aromatic N) is 1. The van der Waals surface area contributed by atoms with Crippen molar-refractivity contribution in [3.05, 3.63) is 29.8 Å². The maximum absolute atomic E-state index is 12.5. The fourth-order valence-corrected chi connectivity index (χ4v) is 3.32. The summed E-state index contributed by atoms with van der Waals surface area (Å²) in [4.78, 5) is 26.7. The van der Waals surface area contributed by atoms with Crippen molar-refractivity contribution in [2.24, 2.45) is 0 Å². The highest BCUT2D eigenvalue weighted by Gasteiger charge is 2.34. The predicted molar refractivity (Wildman–Crippen MR) is 90.5 cm³/mol. The van der Waals surface area contributed by atoms with E-state index in [0.717, 1.165) is 57.4 Å². The van der Waals surface area contributed by atoms with Crippen molar-refractivity contribution < 1.29 is 9.59 Å². The minimum absolute atomic E-state index is 0.00387. The Morgan fingerprint density at radius 1 is 1.09 bits per heavy atom. The molecular weight excluding hydrogens is 290 g/mol. The van der Waals surface area contributed by atoms with Crippen LogP contribution < -0.4 is 10.6 Å². The maximum atomic E-state index is 12.5. The molecule has 1 atom stereocenters. The molecule has 2 saturated heterocycles. The molecule has 2 N–H and O–H groups in total. The molecule has 23 heavy (non-hydrogen) atoms. The number of hydrogen-bond acceptors (Lipinski definition) is 3. The van der Waals surface area contributed by atoms with Crippen LogP contribution in [0.25, 0.3) is 0 Å². The summed E-state index contributed by atoms with van der Waals surface area (Å²) in [7, 11) is 0. The molecule has 0 aromatic heterocycles. The smallest absolute Gasteiger partial charge is 0.253 e. The van der Waals surface area contributed by atoms with Gasteiger partial charge in [-0.1, -0.05) is 0 Å². The van der Waals surface area contributed by atoms with E-state index in [2.05, 4.69) is 10.6 Å². The third-order valence-corrected chi connectivity index (χ3v) is 4.90. The van der Waals surface area contributed by atoms with E-state index in [4.69, 9.17) is 0 Å². The standard InChI is InChI=1S/C18H25N3O2/c1-18(10-2-3-11-19-18)17(23)20-15-8-6-14(7-9-15)16(22)21-12-4-5-13-21/h6-9,19H,2-5,10-13H2,1H3,(H,20,23). The molecule has 2 fully saturated rings. The maximum Gasteiger partial charge on any atom is 0.253 e. The number of likely N-dealkylation sites (tertiary alicyclic amines) is 1. The number of rotatable bonds is 3. The SMILES string of the molecule is CC1(C(=O)Nc2ccc(C(=O)N3CCCC3)cc2)CCCCN1. The van der Waals surface area contributed by atoms with Gasteiger partial charge in [0.15, 0.2) is 0 Å². The van der Waals surface area contributed by atoms with E-state index in [-0.39, 0.29) is 11.8 Å². The van der Waals surface area contributed by atoms with Crippen LogP contribution in [0.5, 0.6) is 0 Å². The minimum Gasteiger partial charge on any atom is -0.339 e. The second-order valence-electron chi connectivity index (χ2n) is 6.75. The van der Waals surface area contributed by atoms with E-state index >= 15 is 0 Å². The van der Waals surface area contributed by atoms with Gasteiger partial charge in [0.1, 0.15) is 0 Å². The summed E-state index contributed by atoms with van der Waals surface area (Å²) >= 11 is 0. The molecule has 2 aliphatic rings. The van der Waals surface area contributed by atoms with E-state index in [1.165, 1.54) is 0 Å². The lowest BCUT2D eigenvalue weighted by Gasteiger charge is -2.33. The molecule has 2 amide bonds. The zero-order valence-corrected chi connectivity index (χ0v) is 13.7. The number of piperidine rings is 1. The van der Waals surface area contributed by atoms with Crippen molar-refractivity contribution in [1.82, 2.24) is 10.2 Å². The highest BCUT2D eigenvalue weighted by Crippen LogP contribution is 2.21. The lowest BCUT2D eigenvalue weighted by atomic mass is 9.90. The lowest BCUT2D eigenvalue weighted by Crippen LogP contribution is -2.54. The van der Waals surface area contributed by atoms with E-state index in [0.29, 0.717) is 5.56 Å². The van der Waals surface area contributed by atoms with Crippen LogP contribution in [0.2, 0.25) is 0 Å².